The minimum atomic E-state index is -0.325. The molecule has 0 radical (unpaired) electrons. The molecule has 1 amide bonds. The Morgan fingerprint density at radius 2 is 2.16 bits per heavy atom. The standard InChI is InChI=1S/C22H25N5O3S/c1-15-11-18(30-24-15)17-12-20(28)27(23-22(17)19-6-4-10-31-19)14-21(29)26-9-8-25-7-3-2-5-16(25)13-26/h4,6,10-12,16H,2-3,5,7-9,13-14H2,1H3. The Bertz CT molecular complexity index is 1140. The van der Waals surface area contributed by atoms with Crippen molar-refractivity contribution >= 4 is 17.2 Å². The summed E-state index contributed by atoms with van der Waals surface area (Å²) in [5.74, 6) is 0.442. The molecule has 2 fully saturated rings. The van der Waals surface area contributed by atoms with Gasteiger partial charge in [0.2, 0.25) is 5.91 Å². The number of amides is 1. The molecule has 2 aliphatic heterocycles. The molecule has 2 aliphatic rings. The molecule has 0 aliphatic carbocycles. The highest BCUT2D eigenvalue weighted by Gasteiger charge is 2.31. The number of hydrogen-bond acceptors (Lipinski definition) is 7. The first kappa shape index (κ1) is 20.1. The van der Waals surface area contributed by atoms with Crippen LogP contribution < -0.4 is 5.56 Å². The van der Waals surface area contributed by atoms with E-state index in [1.165, 1.54) is 34.9 Å². The SMILES string of the molecule is Cc1cc(-c2cc(=O)n(CC(=O)N3CCN4CCCCC4C3)nc2-c2cccs2)on1. The summed E-state index contributed by atoms with van der Waals surface area (Å²) in [6.07, 6.45) is 3.60. The van der Waals surface area contributed by atoms with Gasteiger partial charge in [-0.2, -0.15) is 5.10 Å². The van der Waals surface area contributed by atoms with Crippen LogP contribution in [0.15, 0.2) is 39.0 Å². The predicted molar refractivity (Wildman–Crippen MR) is 118 cm³/mol. The number of thiophene rings is 1. The Labute approximate surface area is 184 Å². The van der Waals surface area contributed by atoms with Crippen LogP contribution in [0, 0.1) is 6.92 Å². The molecule has 8 nitrogen and oxygen atoms in total. The second-order valence-electron chi connectivity index (χ2n) is 8.24. The molecule has 3 aromatic rings. The topological polar surface area (TPSA) is 84.5 Å². The van der Waals surface area contributed by atoms with E-state index in [1.54, 1.807) is 6.07 Å². The highest BCUT2D eigenvalue weighted by atomic mass is 32.1. The molecule has 0 saturated carbocycles. The molecule has 0 N–H and O–H groups in total. The monoisotopic (exact) mass is 439 g/mol. The molecule has 0 bridgehead atoms. The summed E-state index contributed by atoms with van der Waals surface area (Å²) >= 11 is 1.52. The van der Waals surface area contributed by atoms with Gasteiger partial charge in [0.1, 0.15) is 12.2 Å². The summed E-state index contributed by atoms with van der Waals surface area (Å²) in [6, 6.07) is 7.59. The van der Waals surface area contributed by atoms with Crippen LogP contribution in [0.5, 0.6) is 0 Å². The molecule has 1 atom stereocenters. The number of carbonyl (C=O) groups excluding carboxylic acids is 1. The summed E-state index contributed by atoms with van der Waals surface area (Å²) in [6.45, 7) is 5.25. The Morgan fingerprint density at radius 1 is 1.26 bits per heavy atom. The molecule has 3 aromatic heterocycles. The fourth-order valence-corrected chi connectivity index (χ4v) is 5.21. The van der Waals surface area contributed by atoms with Crippen LogP contribution in [-0.4, -0.2) is 62.9 Å². The number of carbonyl (C=O) groups is 1. The fraction of sp³-hybridized carbons (Fsp3) is 0.455. The molecule has 31 heavy (non-hydrogen) atoms. The maximum Gasteiger partial charge on any atom is 0.268 e. The first-order chi connectivity index (χ1) is 15.1. The largest absolute Gasteiger partial charge is 0.356 e. The van der Waals surface area contributed by atoms with E-state index in [1.807, 2.05) is 29.3 Å². The number of aromatic nitrogens is 3. The first-order valence-electron chi connectivity index (χ1n) is 10.7. The lowest BCUT2D eigenvalue weighted by atomic mass is 9.99. The van der Waals surface area contributed by atoms with Crippen LogP contribution in [0.25, 0.3) is 21.9 Å². The van der Waals surface area contributed by atoms with Crippen molar-refractivity contribution < 1.29 is 9.32 Å². The quantitative estimate of drug-likeness (QED) is 0.621. The van der Waals surface area contributed by atoms with E-state index in [2.05, 4.69) is 15.2 Å². The van der Waals surface area contributed by atoms with E-state index >= 15 is 0 Å². The third-order valence-corrected chi connectivity index (χ3v) is 7.00. The summed E-state index contributed by atoms with van der Waals surface area (Å²) in [5.41, 5.74) is 1.62. The van der Waals surface area contributed by atoms with Crippen LogP contribution in [-0.2, 0) is 11.3 Å². The number of piperidine rings is 1. The summed E-state index contributed by atoms with van der Waals surface area (Å²) in [7, 11) is 0. The average molecular weight is 440 g/mol. The Kier molecular flexibility index (Phi) is 5.45. The number of piperazine rings is 1. The van der Waals surface area contributed by atoms with Crippen molar-refractivity contribution in [1.82, 2.24) is 24.7 Å². The maximum absolute atomic E-state index is 13.0. The van der Waals surface area contributed by atoms with Crippen LogP contribution in [0.3, 0.4) is 0 Å². The third-order valence-electron chi connectivity index (χ3n) is 6.12. The van der Waals surface area contributed by atoms with Crippen LogP contribution in [0.1, 0.15) is 25.0 Å². The summed E-state index contributed by atoms with van der Waals surface area (Å²) < 4.78 is 6.67. The maximum atomic E-state index is 13.0. The van der Waals surface area contributed by atoms with Gasteiger partial charge >= 0.3 is 0 Å². The van der Waals surface area contributed by atoms with Gasteiger partial charge in [0, 0.05) is 37.8 Å². The van der Waals surface area contributed by atoms with Gasteiger partial charge < -0.3 is 9.42 Å². The van der Waals surface area contributed by atoms with Gasteiger partial charge in [-0.1, -0.05) is 17.6 Å². The van der Waals surface area contributed by atoms with Crippen LogP contribution >= 0.6 is 11.3 Å². The van der Waals surface area contributed by atoms with Crippen molar-refractivity contribution in [3.8, 4) is 21.9 Å². The van der Waals surface area contributed by atoms with E-state index < -0.39 is 0 Å². The van der Waals surface area contributed by atoms with Gasteiger partial charge in [0.05, 0.1) is 16.1 Å². The Morgan fingerprint density at radius 3 is 2.94 bits per heavy atom. The molecule has 2 saturated heterocycles. The lowest BCUT2D eigenvalue weighted by Gasteiger charge is -2.44. The van der Waals surface area contributed by atoms with E-state index in [0.717, 1.165) is 36.6 Å². The van der Waals surface area contributed by atoms with Crippen molar-refractivity contribution in [2.24, 2.45) is 0 Å². The second-order valence-corrected chi connectivity index (χ2v) is 9.19. The number of nitrogens with zero attached hydrogens (tertiary/aromatic N) is 5. The minimum Gasteiger partial charge on any atom is -0.356 e. The van der Waals surface area contributed by atoms with Gasteiger partial charge in [0.25, 0.3) is 5.56 Å². The average Bonchev–Trinajstić information content (AvgIpc) is 3.46. The Balaban J connectivity index is 1.42. The number of aryl methyl sites for hydroxylation is 1. The van der Waals surface area contributed by atoms with Gasteiger partial charge in [0.15, 0.2) is 5.76 Å². The summed E-state index contributed by atoms with van der Waals surface area (Å²) in [4.78, 5) is 31.2. The molecule has 162 valence electrons. The lowest BCUT2D eigenvalue weighted by molar-refractivity contribution is -0.135. The molecular formula is C22H25N5O3S. The van der Waals surface area contributed by atoms with E-state index in [0.29, 0.717) is 29.6 Å². The highest BCUT2D eigenvalue weighted by molar-refractivity contribution is 7.13. The minimum absolute atomic E-state index is 0.0554. The molecule has 9 heteroatoms. The van der Waals surface area contributed by atoms with Gasteiger partial charge in [-0.05, 0) is 37.8 Å². The molecule has 0 spiro atoms. The molecule has 5 heterocycles. The number of fused-ring (bicyclic) bond motifs is 1. The number of hydrogen-bond donors (Lipinski definition) is 0. The van der Waals surface area contributed by atoms with E-state index in [9.17, 15) is 9.59 Å². The van der Waals surface area contributed by atoms with Crippen molar-refractivity contribution in [2.75, 3.05) is 26.2 Å². The van der Waals surface area contributed by atoms with Crippen molar-refractivity contribution in [1.29, 1.82) is 0 Å². The zero-order chi connectivity index (χ0) is 21.4. The zero-order valence-electron chi connectivity index (χ0n) is 17.5. The predicted octanol–water partition coefficient (Wildman–Crippen LogP) is 2.63. The number of rotatable bonds is 4. The smallest absolute Gasteiger partial charge is 0.268 e. The third kappa shape index (κ3) is 4.07. The van der Waals surface area contributed by atoms with Gasteiger partial charge in [-0.15, -0.1) is 11.3 Å². The highest BCUT2D eigenvalue weighted by Crippen LogP contribution is 2.32. The lowest BCUT2D eigenvalue weighted by Crippen LogP contribution is -2.56. The Hall–Kier alpha value is -2.78. The van der Waals surface area contributed by atoms with Crippen LogP contribution in [0.4, 0.5) is 0 Å². The molecule has 1 unspecified atom stereocenters. The fourth-order valence-electron chi connectivity index (χ4n) is 4.49. The van der Waals surface area contributed by atoms with E-state index in [-0.39, 0.29) is 18.0 Å². The van der Waals surface area contributed by atoms with Gasteiger partial charge in [-0.25, -0.2) is 4.68 Å². The van der Waals surface area contributed by atoms with E-state index in [4.69, 9.17) is 4.52 Å². The van der Waals surface area contributed by atoms with Crippen molar-refractivity contribution in [2.45, 2.75) is 38.8 Å². The molecule has 5 rings (SSSR count). The summed E-state index contributed by atoms with van der Waals surface area (Å²) in [5, 5.41) is 10.5. The van der Waals surface area contributed by atoms with Gasteiger partial charge in [-0.3, -0.25) is 14.5 Å². The van der Waals surface area contributed by atoms with Crippen LogP contribution in [0.2, 0.25) is 0 Å². The van der Waals surface area contributed by atoms with Crippen molar-refractivity contribution in [3.05, 3.63) is 45.7 Å². The first-order valence-corrected chi connectivity index (χ1v) is 11.6. The van der Waals surface area contributed by atoms with Crippen molar-refractivity contribution in [3.63, 3.8) is 0 Å². The normalized spacial score (nSPS) is 19.4. The molecule has 0 aromatic carbocycles. The second kappa shape index (κ2) is 8.39. The zero-order valence-corrected chi connectivity index (χ0v) is 18.3. The molecular weight excluding hydrogens is 414 g/mol.